The van der Waals surface area contributed by atoms with Crippen molar-refractivity contribution in [2.45, 2.75) is 6.10 Å². The summed E-state index contributed by atoms with van der Waals surface area (Å²) < 4.78 is 5.90. The van der Waals surface area contributed by atoms with Crippen molar-refractivity contribution in [1.82, 2.24) is 4.98 Å². The van der Waals surface area contributed by atoms with Gasteiger partial charge in [-0.15, -0.1) is 11.3 Å². The largest absolute Gasteiger partial charge is 0.445 e. The highest BCUT2D eigenvalue weighted by Gasteiger charge is 2.28. The molecule has 0 bridgehead atoms. The second-order valence-corrected chi connectivity index (χ2v) is 9.00. The van der Waals surface area contributed by atoms with Crippen molar-refractivity contribution in [3.8, 4) is 10.6 Å². The SMILES string of the molecule is O=C(O[C@H](C(=O)c1ccc(Cl)cc1)c1ccccc1)c1cc(-c2cccs2)nc2ccccc12. The van der Waals surface area contributed by atoms with Gasteiger partial charge in [0.1, 0.15) is 0 Å². The molecule has 0 fully saturated rings. The Kier molecular flexibility index (Phi) is 6.21. The van der Waals surface area contributed by atoms with Crippen molar-refractivity contribution >= 4 is 45.6 Å². The Morgan fingerprint density at radius 1 is 0.853 bits per heavy atom. The van der Waals surface area contributed by atoms with E-state index in [1.54, 1.807) is 42.5 Å². The second kappa shape index (κ2) is 9.59. The van der Waals surface area contributed by atoms with Crippen molar-refractivity contribution < 1.29 is 14.3 Å². The summed E-state index contributed by atoms with van der Waals surface area (Å²) in [7, 11) is 0. The maximum Gasteiger partial charge on any atom is 0.339 e. The van der Waals surface area contributed by atoms with Crippen molar-refractivity contribution in [3.05, 3.63) is 124 Å². The van der Waals surface area contributed by atoms with Crippen molar-refractivity contribution in [3.63, 3.8) is 0 Å². The Hall–Kier alpha value is -3.80. The van der Waals surface area contributed by atoms with Crippen LogP contribution in [0, 0.1) is 0 Å². The topological polar surface area (TPSA) is 56.3 Å². The van der Waals surface area contributed by atoms with Crippen LogP contribution >= 0.6 is 22.9 Å². The van der Waals surface area contributed by atoms with E-state index in [4.69, 9.17) is 21.3 Å². The van der Waals surface area contributed by atoms with Gasteiger partial charge in [-0.1, -0.05) is 66.2 Å². The minimum absolute atomic E-state index is 0.326. The van der Waals surface area contributed by atoms with E-state index in [9.17, 15) is 9.59 Å². The minimum atomic E-state index is -1.10. The number of aromatic nitrogens is 1. The number of ether oxygens (including phenoxy) is 1. The van der Waals surface area contributed by atoms with E-state index in [-0.39, 0.29) is 5.78 Å². The third-order valence-electron chi connectivity index (χ3n) is 5.40. The molecule has 0 aliphatic rings. The van der Waals surface area contributed by atoms with Gasteiger partial charge in [0.15, 0.2) is 6.10 Å². The molecular formula is C28H18ClNO3S. The number of fused-ring (bicyclic) bond motifs is 1. The zero-order valence-electron chi connectivity index (χ0n) is 17.9. The van der Waals surface area contributed by atoms with Gasteiger partial charge >= 0.3 is 5.97 Å². The average Bonchev–Trinajstić information content (AvgIpc) is 3.42. The number of ketones is 1. The lowest BCUT2D eigenvalue weighted by Crippen LogP contribution is -2.20. The monoisotopic (exact) mass is 483 g/mol. The van der Waals surface area contributed by atoms with Crippen LogP contribution in [-0.2, 0) is 4.74 Å². The van der Waals surface area contributed by atoms with Gasteiger partial charge in [0, 0.05) is 21.5 Å². The number of carbonyl (C=O) groups excluding carboxylic acids is 2. The van der Waals surface area contributed by atoms with E-state index < -0.39 is 12.1 Å². The molecule has 3 aromatic carbocycles. The van der Waals surface area contributed by atoms with Crippen molar-refractivity contribution in [1.29, 1.82) is 0 Å². The van der Waals surface area contributed by atoms with Gasteiger partial charge in [0.25, 0.3) is 0 Å². The summed E-state index contributed by atoms with van der Waals surface area (Å²) in [6, 6.07) is 28.6. The van der Waals surface area contributed by atoms with Gasteiger partial charge in [0.05, 0.1) is 21.7 Å². The van der Waals surface area contributed by atoms with Crippen LogP contribution in [0.5, 0.6) is 0 Å². The molecule has 0 saturated carbocycles. The van der Waals surface area contributed by atoms with Gasteiger partial charge in [-0.3, -0.25) is 4.79 Å². The third-order valence-corrected chi connectivity index (χ3v) is 6.55. The van der Waals surface area contributed by atoms with Crippen LogP contribution in [-0.4, -0.2) is 16.7 Å². The first-order valence-electron chi connectivity index (χ1n) is 10.6. The summed E-state index contributed by atoms with van der Waals surface area (Å²) in [4.78, 5) is 32.6. The van der Waals surface area contributed by atoms with Crippen LogP contribution in [0.15, 0.2) is 102 Å². The molecule has 0 aliphatic carbocycles. The number of halogens is 1. The number of pyridine rings is 1. The lowest BCUT2D eigenvalue weighted by molar-refractivity contribution is 0.0282. The standard InChI is InChI=1S/C28H18ClNO3S/c29-20-14-12-18(13-15-20)26(31)27(19-7-2-1-3-8-19)33-28(32)22-17-24(25-11-6-16-34-25)30-23-10-5-4-9-21(22)23/h1-17,27H/t27-/m0/s1. The number of hydrogen-bond donors (Lipinski definition) is 0. The number of benzene rings is 3. The number of esters is 1. The number of rotatable bonds is 6. The Bertz CT molecular complexity index is 1470. The van der Waals surface area contributed by atoms with Crippen LogP contribution in [0.2, 0.25) is 5.02 Å². The number of carbonyl (C=O) groups is 2. The minimum Gasteiger partial charge on any atom is -0.445 e. The quantitative estimate of drug-likeness (QED) is 0.186. The molecule has 0 saturated heterocycles. The average molecular weight is 484 g/mol. The van der Waals surface area contributed by atoms with Crippen LogP contribution in [0.25, 0.3) is 21.5 Å². The van der Waals surface area contributed by atoms with E-state index in [0.29, 0.717) is 38.3 Å². The smallest absolute Gasteiger partial charge is 0.339 e. The molecule has 1 atom stereocenters. The molecule has 2 heterocycles. The fraction of sp³-hybridized carbons (Fsp3) is 0.0357. The van der Waals surface area contributed by atoms with Gasteiger partial charge in [0.2, 0.25) is 5.78 Å². The maximum absolute atomic E-state index is 13.5. The van der Waals surface area contributed by atoms with Gasteiger partial charge in [-0.2, -0.15) is 0 Å². The second-order valence-electron chi connectivity index (χ2n) is 7.62. The zero-order chi connectivity index (χ0) is 23.5. The Labute approximate surface area is 205 Å². The van der Waals surface area contributed by atoms with Crippen molar-refractivity contribution in [2.75, 3.05) is 0 Å². The van der Waals surface area contributed by atoms with Crippen molar-refractivity contribution in [2.24, 2.45) is 0 Å². The summed E-state index contributed by atoms with van der Waals surface area (Å²) in [6.07, 6.45) is -1.10. The first-order chi connectivity index (χ1) is 16.6. The molecule has 5 rings (SSSR count). The normalized spacial score (nSPS) is 11.8. The molecule has 166 valence electrons. The fourth-order valence-electron chi connectivity index (χ4n) is 3.73. The molecule has 0 N–H and O–H groups in total. The van der Waals surface area contributed by atoms with Gasteiger partial charge in [-0.05, 0) is 47.8 Å². The molecule has 0 amide bonds. The van der Waals surface area contributed by atoms with E-state index >= 15 is 0 Å². The lowest BCUT2D eigenvalue weighted by atomic mass is 9.99. The Balaban J connectivity index is 1.56. The molecule has 0 aliphatic heterocycles. The van der Waals surface area contributed by atoms with Crippen LogP contribution < -0.4 is 0 Å². The third kappa shape index (κ3) is 4.49. The molecule has 6 heteroatoms. The van der Waals surface area contributed by atoms with Crippen LogP contribution in [0.4, 0.5) is 0 Å². The highest BCUT2D eigenvalue weighted by molar-refractivity contribution is 7.13. The fourth-order valence-corrected chi connectivity index (χ4v) is 4.54. The lowest BCUT2D eigenvalue weighted by Gasteiger charge is -2.18. The van der Waals surface area contributed by atoms with E-state index in [1.165, 1.54) is 11.3 Å². The summed E-state index contributed by atoms with van der Waals surface area (Å²) in [6.45, 7) is 0. The molecular weight excluding hydrogens is 466 g/mol. The van der Waals surface area contributed by atoms with Gasteiger partial charge < -0.3 is 4.74 Å². The molecule has 0 unspecified atom stereocenters. The highest BCUT2D eigenvalue weighted by Crippen LogP contribution is 2.30. The van der Waals surface area contributed by atoms with Crippen LogP contribution in [0.1, 0.15) is 32.4 Å². The Morgan fingerprint density at radius 3 is 2.32 bits per heavy atom. The summed E-state index contributed by atoms with van der Waals surface area (Å²) in [5, 5.41) is 3.15. The summed E-state index contributed by atoms with van der Waals surface area (Å²) >= 11 is 7.53. The molecule has 0 radical (unpaired) electrons. The number of hydrogen-bond acceptors (Lipinski definition) is 5. The van der Waals surface area contributed by atoms with E-state index in [2.05, 4.69) is 0 Å². The first-order valence-corrected chi connectivity index (χ1v) is 11.9. The van der Waals surface area contributed by atoms with E-state index in [1.807, 2.05) is 60.0 Å². The highest BCUT2D eigenvalue weighted by atomic mass is 35.5. The van der Waals surface area contributed by atoms with Crippen LogP contribution in [0.3, 0.4) is 0 Å². The molecule has 5 aromatic rings. The van der Waals surface area contributed by atoms with E-state index in [0.717, 1.165) is 4.88 Å². The predicted octanol–water partition coefficient (Wildman–Crippen LogP) is 7.40. The molecule has 2 aromatic heterocycles. The number of thiophene rings is 1. The molecule has 4 nitrogen and oxygen atoms in total. The summed E-state index contributed by atoms with van der Waals surface area (Å²) in [5.74, 6) is -0.916. The first kappa shape index (κ1) is 22.0. The maximum atomic E-state index is 13.5. The molecule has 34 heavy (non-hydrogen) atoms. The van der Waals surface area contributed by atoms with Gasteiger partial charge in [-0.25, -0.2) is 9.78 Å². The predicted molar refractivity (Wildman–Crippen MR) is 135 cm³/mol. The zero-order valence-corrected chi connectivity index (χ0v) is 19.4. The number of Topliss-reactive ketones (excluding diaryl/α,β-unsaturated/α-hetero) is 1. The summed E-state index contributed by atoms with van der Waals surface area (Å²) in [5.41, 5.74) is 2.72. The number of para-hydroxylation sites is 1. The Morgan fingerprint density at radius 2 is 1.59 bits per heavy atom. The molecule has 0 spiro atoms. The number of nitrogens with zero attached hydrogens (tertiary/aromatic N) is 1.